The molecule has 0 saturated heterocycles. The summed E-state index contributed by atoms with van der Waals surface area (Å²) in [6.07, 6.45) is 8.43. The minimum atomic E-state index is -3.29. The normalized spacial score (nSPS) is 20.6. The predicted molar refractivity (Wildman–Crippen MR) is 97.3 cm³/mol. The van der Waals surface area contributed by atoms with Crippen LogP contribution in [0.15, 0.2) is 12.4 Å². The molecule has 2 aromatic rings. The van der Waals surface area contributed by atoms with Crippen molar-refractivity contribution in [2.24, 2.45) is 7.05 Å². The molecule has 0 spiro atoms. The summed E-state index contributed by atoms with van der Waals surface area (Å²) in [4.78, 5) is 13.2. The number of nitrogens with zero attached hydrogens (tertiary/aromatic N) is 4. The van der Waals surface area contributed by atoms with E-state index in [-0.39, 0.29) is 18.4 Å². The van der Waals surface area contributed by atoms with Crippen LogP contribution in [0.25, 0.3) is 0 Å². The van der Waals surface area contributed by atoms with Crippen LogP contribution in [0.5, 0.6) is 0 Å². The first-order valence-corrected chi connectivity index (χ1v) is 10.6. The van der Waals surface area contributed by atoms with E-state index in [2.05, 4.69) is 11.3 Å². The van der Waals surface area contributed by atoms with E-state index in [9.17, 15) is 13.2 Å². The van der Waals surface area contributed by atoms with Gasteiger partial charge in [0.05, 0.1) is 24.4 Å². The second-order valence-corrected chi connectivity index (χ2v) is 9.24. The van der Waals surface area contributed by atoms with E-state index in [4.69, 9.17) is 5.73 Å². The molecule has 1 atom stereocenters. The van der Waals surface area contributed by atoms with E-state index >= 15 is 0 Å². The van der Waals surface area contributed by atoms with Crippen LogP contribution in [0.3, 0.4) is 0 Å². The highest BCUT2D eigenvalue weighted by Gasteiger charge is 2.34. The molecule has 8 nitrogen and oxygen atoms in total. The molecule has 0 bridgehead atoms. The largest absolute Gasteiger partial charge is 0.383 e. The van der Waals surface area contributed by atoms with Gasteiger partial charge in [-0.3, -0.25) is 4.79 Å². The quantitative estimate of drug-likeness (QED) is 0.837. The molecule has 1 aliphatic carbocycles. The lowest BCUT2D eigenvalue weighted by Crippen LogP contribution is -2.35. The topological polar surface area (TPSA) is 103 Å². The lowest BCUT2D eigenvalue weighted by molar-refractivity contribution is 0.0854. The highest BCUT2D eigenvalue weighted by molar-refractivity contribution is 7.88. The van der Waals surface area contributed by atoms with Gasteiger partial charge >= 0.3 is 0 Å². The van der Waals surface area contributed by atoms with Crippen LogP contribution in [0.2, 0.25) is 0 Å². The Morgan fingerprint density at radius 3 is 2.81 bits per heavy atom. The second-order valence-electron chi connectivity index (χ2n) is 7.26. The van der Waals surface area contributed by atoms with Crippen LogP contribution in [-0.4, -0.2) is 45.8 Å². The molecule has 0 amide bonds. The van der Waals surface area contributed by atoms with Crippen molar-refractivity contribution >= 4 is 21.7 Å². The summed E-state index contributed by atoms with van der Waals surface area (Å²) in [5.74, 6) is -0.0363. The molecule has 0 saturated carbocycles. The van der Waals surface area contributed by atoms with Gasteiger partial charge in [0, 0.05) is 31.5 Å². The fourth-order valence-corrected chi connectivity index (χ4v) is 4.86. The number of hydrogen-bond acceptors (Lipinski definition) is 5. The van der Waals surface area contributed by atoms with Gasteiger partial charge in [-0.2, -0.15) is 14.1 Å². The Balaban J connectivity index is 1.68. The van der Waals surface area contributed by atoms with E-state index in [0.29, 0.717) is 24.5 Å². The summed E-state index contributed by atoms with van der Waals surface area (Å²) >= 11 is 0. The fourth-order valence-electron chi connectivity index (χ4n) is 4.08. The van der Waals surface area contributed by atoms with Crippen LogP contribution in [0.1, 0.15) is 45.9 Å². The van der Waals surface area contributed by atoms with Gasteiger partial charge in [0.15, 0.2) is 0 Å². The Labute approximate surface area is 152 Å². The highest BCUT2D eigenvalue weighted by Crippen LogP contribution is 2.35. The Morgan fingerprint density at radius 1 is 1.31 bits per heavy atom. The summed E-state index contributed by atoms with van der Waals surface area (Å²) in [5, 5.41) is 4.40. The first kappa shape index (κ1) is 17.3. The fraction of sp³-hybridized carbons (Fsp3) is 0.529. The summed E-state index contributed by atoms with van der Waals surface area (Å²) in [6.45, 7) is 0.530. The molecular weight excluding hydrogens is 354 g/mol. The summed E-state index contributed by atoms with van der Waals surface area (Å²) in [7, 11) is -1.34. The molecular formula is C17H23N5O3S. The van der Waals surface area contributed by atoms with Crippen molar-refractivity contribution in [2.45, 2.75) is 38.1 Å². The number of carbonyl (C=O) groups is 1. The van der Waals surface area contributed by atoms with Crippen molar-refractivity contribution in [1.82, 2.24) is 18.7 Å². The van der Waals surface area contributed by atoms with Gasteiger partial charge in [0.25, 0.3) is 5.91 Å². The summed E-state index contributed by atoms with van der Waals surface area (Å²) < 4.78 is 28.2. The molecule has 3 heterocycles. The number of nitrogen functional groups attached to an aromatic ring is 1. The minimum Gasteiger partial charge on any atom is -0.383 e. The average molecular weight is 377 g/mol. The summed E-state index contributed by atoms with van der Waals surface area (Å²) in [6, 6.07) is 0. The monoisotopic (exact) mass is 377 g/mol. The molecule has 0 fully saturated rings. The SMILES string of the molecule is Cn1cc2c(c1)C(C(=O)n1nc3c(c1N)CCN(S(C)(=O)=O)C3)CCC2. The average Bonchev–Trinajstić information content (AvgIpc) is 3.12. The molecule has 1 aliphatic heterocycles. The minimum absolute atomic E-state index is 0.130. The van der Waals surface area contributed by atoms with Crippen molar-refractivity contribution < 1.29 is 13.2 Å². The number of aryl methyl sites for hydroxylation is 2. The van der Waals surface area contributed by atoms with E-state index in [0.717, 1.165) is 30.4 Å². The second kappa shape index (κ2) is 5.95. The Hall–Kier alpha value is -2.13. The van der Waals surface area contributed by atoms with Gasteiger partial charge in [-0.25, -0.2) is 8.42 Å². The molecule has 0 radical (unpaired) electrons. The Kier molecular flexibility index (Phi) is 3.96. The number of sulfonamides is 1. The van der Waals surface area contributed by atoms with E-state index in [1.54, 1.807) is 0 Å². The van der Waals surface area contributed by atoms with E-state index < -0.39 is 10.0 Å². The zero-order chi connectivity index (χ0) is 18.6. The van der Waals surface area contributed by atoms with Crippen molar-refractivity contribution in [3.05, 3.63) is 34.8 Å². The molecule has 4 rings (SSSR count). The molecule has 140 valence electrons. The van der Waals surface area contributed by atoms with E-state index in [1.807, 2.05) is 17.8 Å². The van der Waals surface area contributed by atoms with Gasteiger partial charge in [0.1, 0.15) is 5.82 Å². The Bertz CT molecular complexity index is 988. The third kappa shape index (κ3) is 2.75. The highest BCUT2D eigenvalue weighted by atomic mass is 32.2. The first-order chi connectivity index (χ1) is 12.3. The molecule has 26 heavy (non-hydrogen) atoms. The predicted octanol–water partition coefficient (Wildman–Crippen LogP) is 0.882. The number of anilines is 1. The lowest BCUT2D eigenvalue weighted by atomic mass is 9.85. The lowest BCUT2D eigenvalue weighted by Gasteiger charge is -2.23. The standard InChI is InChI=1S/C17H23N5O3S/c1-20-8-11-4-3-5-12(14(11)9-20)17(23)22-16(18)13-6-7-21(26(2,24)25)10-15(13)19-22/h8-9,12H,3-7,10,18H2,1-2H3. The number of rotatable bonds is 2. The van der Waals surface area contributed by atoms with E-state index in [1.165, 1.54) is 20.8 Å². The molecule has 2 aromatic heterocycles. The maximum atomic E-state index is 13.2. The Morgan fingerprint density at radius 2 is 2.08 bits per heavy atom. The molecule has 9 heteroatoms. The van der Waals surface area contributed by atoms with Crippen LogP contribution >= 0.6 is 0 Å². The molecule has 1 unspecified atom stereocenters. The molecule has 2 aliphatic rings. The zero-order valence-electron chi connectivity index (χ0n) is 15.0. The van der Waals surface area contributed by atoms with Crippen LogP contribution < -0.4 is 5.73 Å². The third-order valence-corrected chi connectivity index (χ3v) is 6.66. The van der Waals surface area contributed by atoms with Gasteiger partial charge in [-0.15, -0.1) is 0 Å². The van der Waals surface area contributed by atoms with Gasteiger partial charge in [0.2, 0.25) is 10.0 Å². The molecule has 2 N–H and O–H groups in total. The molecule has 0 aromatic carbocycles. The number of hydrogen-bond donors (Lipinski definition) is 1. The van der Waals surface area contributed by atoms with Crippen LogP contribution in [-0.2, 0) is 36.5 Å². The van der Waals surface area contributed by atoms with Crippen molar-refractivity contribution in [2.75, 3.05) is 18.5 Å². The van der Waals surface area contributed by atoms with Crippen molar-refractivity contribution in [3.8, 4) is 0 Å². The number of carbonyl (C=O) groups excluding carboxylic acids is 1. The van der Waals surface area contributed by atoms with Gasteiger partial charge in [-0.1, -0.05) is 0 Å². The smallest absolute Gasteiger partial charge is 0.256 e. The maximum absolute atomic E-state index is 13.2. The van der Waals surface area contributed by atoms with Crippen molar-refractivity contribution in [3.63, 3.8) is 0 Å². The number of nitrogens with two attached hydrogens (primary N) is 1. The summed E-state index contributed by atoms with van der Waals surface area (Å²) in [5.41, 5.74) is 9.85. The first-order valence-electron chi connectivity index (χ1n) is 8.76. The van der Waals surface area contributed by atoms with Crippen LogP contribution in [0, 0.1) is 0 Å². The van der Waals surface area contributed by atoms with Gasteiger partial charge in [-0.05, 0) is 36.8 Å². The van der Waals surface area contributed by atoms with Gasteiger partial charge < -0.3 is 10.3 Å². The zero-order valence-corrected chi connectivity index (χ0v) is 15.8. The number of aromatic nitrogens is 3. The maximum Gasteiger partial charge on any atom is 0.256 e. The van der Waals surface area contributed by atoms with Crippen molar-refractivity contribution in [1.29, 1.82) is 0 Å². The number of fused-ring (bicyclic) bond motifs is 2. The van der Waals surface area contributed by atoms with Crippen LogP contribution in [0.4, 0.5) is 5.82 Å². The third-order valence-electron chi connectivity index (χ3n) is 5.41.